The Kier molecular flexibility index (Phi) is 10.7. The minimum absolute atomic E-state index is 0.0485. The van der Waals surface area contributed by atoms with Crippen molar-refractivity contribution in [2.45, 2.75) is 32.7 Å². The van der Waals surface area contributed by atoms with Crippen molar-refractivity contribution in [2.24, 2.45) is 11.7 Å². The Hall–Kier alpha value is -2.62. The van der Waals surface area contributed by atoms with E-state index in [0.29, 0.717) is 6.54 Å². The molecule has 0 radical (unpaired) electrons. The third-order valence-electron chi connectivity index (χ3n) is 3.15. The molecule has 0 aromatic heterocycles. The number of likely N-dealkylation sites (N-methyl/N-ethyl adjacent to an activating group) is 1. The lowest BCUT2D eigenvalue weighted by molar-refractivity contribution is -0.139. The standard InChI is InChI=1S/C16H29N5O5/c1-11(2)10-12(18-16(25)26)15(24)19-21(9-7-13(17)22)14(23)6-5-8-20(3)4/h5-6,11-12,18H,7-10H2,1-4H3,(H2,17,22)(H,19,24)(H,25,26)/b6-5+/t12-/m0/s1. The molecule has 0 heterocycles. The van der Waals surface area contributed by atoms with E-state index in [0.717, 1.165) is 5.01 Å². The molecule has 0 aromatic carbocycles. The number of carbonyl (C=O) groups is 4. The first-order valence-corrected chi connectivity index (χ1v) is 8.24. The number of amides is 4. The van der Waals surface area contributed by atoms with Crippen LogP contribution in [0.4, 0.5) is 4.79 Å². The summed E-state index contributed by atoms with van der Waals surface area (Å²) < 4.78 is 0. The fourth-order valence-electron chi connectivity index (χ4n) is 1.96. The van der Waals surface area contributed by atoms with Crippen LogP contribution in [0.25, 0.3) is 0 Å². The van der Waals surface area contributed by atoms with Crippen LogP contribution < -0.4 is 16.5 Å². The highest BCUT2D eigenvalue weighted by atomic mass is 16.4. The average molecular weight is 371 g/mol. The maximum absolute atomic E-state index is 12.4. The van der Waals surface area contributed by atoms with Crippen molar-refractivity contribution in [1.29, 1.82) is 0 Å². The molecule has 0 bridgehead atoms. The number of hydrogen-bond acceptors (Lipinski definition) is 5. The molecule has 0 saturated heterocycles. The Morgan fingerprint density at radius 3 is 2.27 bits per heavy atom. The number of nitrogens with one attached hydrogen (secondary N) is 2. The fourth-order valence-corrected chi connectivity index (χ4v) is 1.96. The van der Waals surface area contributed by atoms with Gasteiger partial charge in [-0.25, -0.2) is 9.80 Å². The second-order valence-electron chi connectivity index (χ2n) is 6.48. The second kappa shape index (κ2) is 11.9. The fraction of sp³-hybridized carbons (Fsp3) is 0.625. The number of nitrogens with zero attached hydrogens (tertiary/aromatic N) is 2. The van der Waals surface area contributed by atoms with E-state index in [2.05, 4.69) is 10.7 Å². The van der Waals surface area contributed by atoms with Crippen molar-refractivity contribution in [1.82, 2.24) is 20.7 Å². The van der Waals surface area contributed by atoms with Crippen molar-refractivity contribution >= 4 is 23.8 Å². The molecular formula is C16H29N5O5. The number of primary amides is 1. The van der Waals surface area contributed by atoms with Gasteiger partial charge in [0.15, 0.2) is 0 Å². The van der Waals surface area contributed by atoms with Crippen LogP contribution in [0.5, 0.6) is 0 Å². The zero-order chi connectivity index (χ0) is 20.3. The van der Waals surface area contributed by atoms with E-state index >= 15 is 0 Å². The summed E-state index contributed by atoms with van der Waals surface area (Å²) in [5.41, 5.74) is 7.47. The SMILES string of the molecule is CC(C)C[C@H](NC(=O)O)C(=O)NN(CCC(N)=O)C(=O)/C=C/CN(C)C. The molecule has 1 atom stereocenters. The number of rotatable bonds is 10. The molecule has 148 valence electrons. The number of carboxylic acid groups (broad SMARTS) is 1. The predicted molar refractivity (Wildman–Crippen MR) is 95.8 cm³/mol. The molecule has 0 saturated carbocycles. The quantitative estimate of drug-likeness (QED) is 0.301. The van der Waals surface area contributed by atoms with Crippen LogP contribution in [-0.4, -0.2) is 72.1 Å². The summed E-state index contributed by atoms with van der Waals surface area (Å²) in [6.45, 7) is 4.07. The van der Waals surface area contributed by atoms with Gasteiger partial charge in [-0.2, -0.15) is 0 Å². The van der Waals surface area contributed by atoms with Crippen molar-refractivity contribution in [2.75, 3.05) is 27.2 Å². The molecule has 4 amide bonds. The average Bonchev–Trinajstić information content (AvgIpc) is 2.48. The molecule has 0 rings (SSSR count). The summed E-state index contributed by atoms with van der Waals surface area (Å²) in [5, 5.41) is 12.0. The van der Waals surface area contributed by atoms with Gasteiger partial charge in [-0.1, -0.05) is 19.9 Å². The van der Waals surface area contributed by atoms with E-state index in [1.807, 2.05) is 32.8 Å². The topological polar surface area (TPSA) is 145 Å². The van der Waals surface area contributed by atoms with Crippen molar-refractivity contribution in [3.8, 4) is 0 Å². The van der Waals surface area contributed by atoms with Crippen molar-refractivity contribution in [3.63, 3.8) is 0 Å². The largest absolute Gasteiger partial charge is 0.465 e. The summed E-state index contributed by atoms with van der Waals surface area (Å²) in [6, 6.07) is -1.03. The molecule has 26 heavy (non-hydrogen) atoms. The van der Waals surface area contributed by atoms with Crippen molar-refractivity contribution in [3.05, 3.63) is 12.2 Å². The Bertz CT molecular complexity index is 533. The molecule has 0 aliphatic rings. The minimum Gasteiger partial charge on any atom is -0.465 e. The van der Waals surface area contributed by atoms with Gasteiger partial charge in [0.2, 0.25) is 5.91 Å². The minimum atomic E-state index is -1.34. The van der Waals surface area contributed by atoms with E-state index in [1.165, 1.54) is 6.08 Å². The van der Waals surface area contributed by atoms with Gasteiger partial charge in [-0.3, -0.25) is 19.8 Å². The Balaban J connectivity index is 5.12. The van der Waals surface area contributed by atoms with Gasteiger partial charge in [0.05, 0.1) is 6.54 Å². The van der Waals surface area contributed by atoms with E-state index in [-0.39, 0.29) is 25.3 Å². The van der Waals surface area contributed by atoms with E-state index in [4.69, 9.17) is 10.8 Å². The lowest BCUT2D eigenvalue weighted by Crippen LogP contribution is -2.54. The highest BCUT2D eigenvalue weighted by molar-refractivity contribution is 5.92. The van der Waals surface area contributed by atoms with Crippen LogP contribution in [0, 0.1) is 5.92 Å². The van der Waals surface area contributed by atoms with Gasteiger partial charge in [-0.05, 0) is 26.4 Å². The normalized spacial score (nSPS) is 12.2. The number of hydrogen-bond donors (Lipinski definition) is 4. The predicted octanol–water partition coefficient (Wildman–Crippen LogP) is -0.478. The van der Waals surface area contributed by atoms with Crippen molar-refractivity contribution < 1.29 is 24.3 Å². The van der Waals surface area contributed by atoms with Crippen LogP contribution in [0.2, 0.25) is 0 Å². The third-order valence-corrected chi connectivity index (χ3v) is 3.15. The van der Waals surface area contributed by atoms with E-state index < -0.39 is 29.9 Å². The van der Waals surface area contributed by atoms with Crippen LogP contribution >= 0.6 is 0 Å². The third kappa shape index (κ3) is 11.0. The lowest BCUT2D eigenvalue weighted by Gasteiger charge is -2.25. The van der Waals surface area contributed by atoms with Gasteiger partial charge < -0.3 is 21.1 Å². The maximum Gasteiger partial charge on any atom is 0.405 e. The summed E-state index contributed by atoms with van der Waals surface area (Å²) in [5.74, 6) is -1.80. The first kappa shape index (κ1) is 23.4. The summed E-state index contributed by atoms with van der Waals surface area (Å²) in [6.07, 6.45) is 1.64. The van der Waals surface area contributed by atoms with Crippen LogP contribution in [0.1, 0.15) is 26.7 Å². The molecule has 0 aliphatic carbocycles. The van der Waals surface area contributed by atoms with E-state index in [9.17, 15) is 19.2 Å². The molecule has 0 spiro atoms. The molecular weight excluding hydrogens is 342 g/mol. The van der Waals surface area contributed by atoms with Crippen LogP contribution in [0.15, 0.2) is 12.2 Å². The van der Waals surface area contributed by atoms with Gasteiger partial charge in [-0.15, -0.1) is 0 Å². The van der Waals surface area contributed by atoms with Gasteiger partial charge >= 0.3 is 6.09 Å². The molecule has 10 heteroatoms. The number of hydrazine groups is 1. The van der Waals surface area contributed by atoms with Gasteiger partial charge in [0, 0.05) is 19.0 Å². The molecule has 0 aliphatic heterocycles. The summed E-state index contributed by atoms with van der Waals surface area (Å²) >= 11 is 0. The zero-order valence-corrected chi connectivity index (χ0v) is 15.7. The molecule has 0 aromatic rings. The molecule has 0 fully saturated rings. The van der Waals surface area contributed by atoms with Gasteiger partial charge in [0.25, 0.3) is 11.8 Å². The molecule has 5 N–H and O–H groups in total. The first-order chi connectivity index (χ1) is 12.0. The molecule has 0 unspecified atom stereocenters. The summed E-state index contributed by atoms with van der Waals surface area (Å²) in [7, 11) is 3.66. The maximum atomic E-state index is 12.4. The van der Waals surface area contributed by atoms with Crippen LogP contribution in [0.3, 0.4) is 0 Å². The highest BCUT2D eigenvalue weighted by Gasteiger charge is 2.25. The van der Waals surface area contributed by atoms with Gasteiger partial charge in [0.1, 0.15) is 6.04 Å². The smallest absolute Gasteiger partial charge is 0.405 e. The Labute approximate surface area is 153 Å². The lowest BCUT2D eigenvalue weighted by atomic mass is 10.0. The van der Waals surface area contributed by atoms with E-state index in [1.54, 1.807) is 6.08 Å². The number of nitrogens with two attached hydrogens (primary N) is 1. The molecule has 10 nitrogen and oxygen atoms in total. The second-order valence-corrected chi connectivity index (χ2v) is 6.48. The highest BCUT2D eigenvalue weighted by Crippen LogP contribution is 2.05. The Morgan fingerprint density at radius 1 is 1.19 bits per heavy atom. The zero-order valence-electron chi connectivity index (χ0n) is 15.7. The number of carbonyl (C=O) groups excluding carboxylic acids is 3. The first-order valence-electron chi connectivity index (χ1n) is 8.24. The Morgan fingerprint density at radius 2 is 1.81 bits per heavy atom. The monoisotopic (exact) mass is 371 g/mol. The summed E-state index contributed by atoms with van der Waals surface area (Å²) in [4.78, 5) is 48.4. The van der Waals surface area contributed by atoms with Crippen LogP contribution in [-0.2, 0) is 14.4 Å².